The summed E-state index contributed by atoms with van der Waals surface area (Å²) in [7, 11) is 0. The first-order valence-electron chi connectivity index (χ1n) is 8.78. The molecule has 144 valence electrons. The molecule has 2 atom stereocenters. The minimum Gasteiger partial charge on any atom is -0.340 e. The van der Waals surface area contributed by atoms with Gasteiger partial charge in [-0.1, -0.05) is 6.07 Å². The minimum atomic E-state index is -1.11. The molecule has 28 heavy (non-hydrogen) atoms. The Morgan fingerprint density at radius 3 is 2.79 bits per heavy atom. The van der Waals surface area contributed by atoms with E-state index in [1.54, 1.807) is 21.6 Å². The molecule has 2 N–H and O–H groups in total. The quantitative estimate of drug-likeness (QED) is 0.703. The third-order valence-electron chi connectivity index (χ3n) is 4.86. The molecule has 1 fully saturated rings. The van der Waals surface area contributed by atoms with Crippen molar-refractivity contribution in [3.8, 4) is 0 Å². The number of pyridine rings is 1. The molecule has 1 saturated heterocycles. The summed E-state index contributed by atoms with van der Waals surface area (Å²) in [5.74, 6) is -1.10. The highest BCUT2D eigenvalue weighted by molar-refractivity contribution is 5.80. The lowest BCUT2D eigenvalue weighted by atomic mass is 10.1. The summed E-state index contributed by atoms with van der Waals surface area (Å²) in [4.78, 5) is 13.7. The summed E-state index contributed by atoms with van der Waals surface area (Å²) in [5, 5.41) is 0. The Hall–Kier alpha value is -3.12. The number of hydrogen-bond acceptors (Lipinski definition) is 4. The van der Waals surface area contributed by atoms with Crippen molar-refractivity contribution in [2.75, 3.05) is 18.0 Å². The van der Waals surface area contributed by atoms with E-state index in [2.05, 4.69) is 14.8 Å². The van der Waals surface area contributed by atoms with Gasteiger partial charge in [-0.3, -0.25) is 4.98 Å². The second-order valence-electron chi connectivity index (χ2n) is 6.79. The molecule has 3 heterocycles. The third kappa shape index (κ3) is 3.27. The van der Waals surface area contributed by atoms with Gasteiger partial charge in [0.2, 0.25) is 11.6 Å². The fourth-order valence-electron chi connectivity index (χ4n) is 3.41. The van der Waals surface area contributed by atoms with Crippen LogP contribution < -0.4 is 10.6 Å². The van der Waals surface area contributed by atoms with Crippen LogP contribution in [0.2, 0.25) is 0 Å². The van der Waals surface area contributed by atoms with E-state index in [4.69, 9.17) is 12.3 Å². The number of benzene rings is 1. The van der Waals surface area contributed by atoms with Crippen LogP contribution in [0.25, 0.3) is 15.9 Å². The number of hydrogen-bond donors (Lipinski definition) is 1. The highest BCUT2D eigenvalue weighted by atomic mass is 19.1. The largest absolute Gasteiger partial charge is 0.340 e. The van der Waals surface area contributed by atoms with Crippen LogP contribution in [0.4, 0.5) is 24.8 Å². The van der Waals surface area contributed by atoms with Gasteiger partial charge in [0.25, 0.3) is 0 Å². The average Bonchev–Trinajstić information content (AvgIpc) is 3.03. The molecule has 1 aromatic carbocycles. The zero-order valence-electron chi connectivity index (χ0n) is 14.8. The Bertz CT molecular complexity index is 1060. The van der Waals surface area contributed by atoms with Crippen molar-refractivity contribution in [1.29, 1.82) is 0 Å². The van der Waals surface area contributed by atoms with Crippen molar-refractivity contribution < 1.29 is 13.2 Å². The fourth-order valence-corrected chi connectivity index (χ4v) is 3.41. The number of nitrogens with two attached hydrogens (primary N) is 1. The molecule has 0 bridgehead atoms. The lowest BCUT2D eigenvalue weighted by molar-refractivity contribution is 0.243. The average molecular weight is 386 g/mol. The molecule has 0 amide bonds. The number of nitrogens with zero attached hydrogens (tertiary/aromatic N) is 5. The highest BCUT2D eigenvalue weighted by Crippen LogP contribution is 2.29. The monoisotopic (exact) mass is 386 g/mol. The number of rotatable bonds is 3. The maximum absolute atomic E-state index is 14.3. The Labute approximate surface area is 159 Å². The molecule has 9 heteroatoms. The molecule has 0 radical (unpaired) electrons. The van der Waals surface area contributed by atoms with Crippen LogP contribution in [0.5, 0.6) is 0 Å². The maximum atomic E-state index is 14.3. The molecule has 4 rings (SSSR count). The summed E-state index contributed by atoms with van der Waals surface area (Å²) in [5.41, 5.74) is 7.17. The summed E-state index contributed by atoms with van der Waals surface area (Å²) >= 11 is 0. The molecule has 0 aliphatic carbocycles. The lowest BCUT2D eigenvalue weighted by Crippen LogP contribution is -2.50. The first-order chi connectivity index (χ1) is 13.5. The molecule has 0 spiro atoms. The van der Waals surface area contributed by atoms with Gasteiger partial charge in [-0.15, -0.1) is 0 Å². The van der Waals surface area contributed by atoms with Gasteiger partial charge < -0.3 is 15.2 Å². The van der Waals surface area contributed by atoms with E-state index < -0.39 is 23.8 Å². The first-order valence-corrected chi connectivity index (χ1v) is 8.78. The van der Waals surface area contributed by atoms with E-state index in [0.717, 1.165) is 6.07 Å². The second-order valence-corrected chi connectivity index (χ2v) is 6.79. The third-order valence-corrected chi connectivity index (χ3v) is 4.86. The lowest BCUT2D eigenvalue weighted by Gasteiger charge is -2.34. The van der Waals surface area contributed by atoms with Crippen LogP contribution in [-0.4, -0.2) is 39.8 Å². The number of fused-ring (bicyclic) bond motifs is 1. The molecular formula is C19H17F3N6. The van der Waals surface area contributed by atoms with Crippen LogP contribution >= 0.6 is 0 Å². The standard InChI is InChI=1S/C19H17F3N6/c1-24-12-2-3-13(25-8-12)9-28-17-7-11(20)6-15(22)18(17)26-19(28)27-5-4-14(21)16(23)10-27/h2-3,6-8,14,16H,4-5,9-10,23H2/t14-,16+/m0/s1. The minimum absolute atomic E-state index is 0.0325. The van der Waals surface area contributed by atoms with E-state index in [9.17, 15) is 13.2 Å². The predicted octanol–water partition coefficient (Wildman–Crippen LogP) is 3.18. The number of anilines is 1. The summed E-state index contributed by atoms with van der Waals surface area (Å²) in [6, 6.07) is 4.62. The smallest absolute Gasteiger partial charge is 0.207 e. The molecule has 6 nitrogen and oxygen atoms in total. The second kappa shape index (κ2) is 7.13. The Kier molecular flexibility index (Phi) is 4.65. The van der Waals surface area contributed by atoms with Gasteiger partial charge in [0.1, 0.15) is 17.5 Å². The molecule has 0 saturated carbocycles. The highest BCUT2D eigenvalue weighted by Gasteiger charge is 2.30. The van der Waals surface area contributed by atoms with E-state index >= 15 is 0 Å². The SMILES string of the molecule is [C-]#[N+]c1ccc(Cn2c(N3CC[C@H](F)[C@H](N)C3)nc3c(F)cc(F)cc32)nc1. The molecule has 1 aliphatic rings. The van der Waals surface area contributed by atoms with Crippen molar-refractivity contribution in [2.45, 2.75) is 25.2 Å². The Morgan fingerprint density at radius 1 is 1.29 bits per heavy atom. The van der Waals surface area contributed by atoms with Crippen molar-refractivity contribution in [2.24, 2.45) is 5.73 Å². The van der Waals surface area contributed by atoms with Gasteiger partial charge in [0.05, 0.1) is 30.4 Å². The predicted molar refractivity (Wildman–Crippen MR) is 99.0 cm³/mol. The topological polar surface area (TPSA) is 64.3 Å². The number of alkyl halides is 1. The number of piperidine rings is 1. The summed E-state index contributed by atoms with van der Waals surface area (Å²) < 4.78 is 43.6. The Morgan fingerprint density at radius 2 is 2.11 bits per heavy atom. The number of imidazole rings is 1. The van der Waals surface area contributed by atoms with Crippen LogP contribution in [0.15, 0.2) is 30.5 Å². The normalized spacial score (nSPS) is 19.8. The fraction of sp³-hybridized carbons (Fsp3) is 0.316. The van der Waals surface area contributed by atoms with Crippen LogP contribution in [0, 0.1) is 18.2 Å². The molecule has 3 aromatic rings. The van der Waals surface area contributed by atoms with E-state index in [1.165, 1.54) is 12.3 Å². The number of aromatic nitrogens is 3. The Balaban J connectivity index is 1.80. The van der Waals surface area contributed by atoms with E-state index in [-0.39, 0.29) is 30.5 Å². The van der Waals surface area contributed by atoms with Crippen molar-refractivity contribution in [3.63, 3.8) is 0 Å². The van der Waals surface area contributed by atoms with E-state index in [1.807, 2.05) is 0 Å². The van der Waals surface area contributed by atoms with Crippen molar-refractivity contribution in [1.82, 2.24) is 14.5 Å². The van der Waals surface area contributed by atoms with Crippen molar-refractivity contribution >= 4 is 22.7 Å². The maximum Gasteiger partial charge on any atom is 0.207 e. The summed E-state index contributed by atoms with van der Waals surface area (Å²) in [6.45, 7) is 7.79. The zero-order chi connectivity index (χ0) is 19.8. The molecule has 1 aliphatic heterocycles. The summed E-state index contributed by atoms with van der Waals surface area (Å²) in [6.07, 6.45) is 0.567. The zero-order valence-corrected chi connectivity index (χ0v) is 14.8. The van der Waals surface area contributed by atoms with Gasteiger partial charge in [-0.2, -0.15) is 0 Å². The number of halogens is 3. The van der Waals surface area contributed by atoms with Gasteiger partial charge in [-0.25, -0.2) is 23.0 Å². The molecule has 2 aromatic heterocycles. The first kappa shape index (κ1) is 18.3. The van der Waals surface area contributed by atoms with Gasteiger partial charge in [0.15, 0.2) is 5.82 Å². The van der Waals surface area contributed by atoms with Gasteiger partial charge in [-0.05, 0) is 12.5 Å². The van der Waals surface area contributed by atoms with Crippen LogP contribution in [-0.2, 0) is 6.54 Å². The molecule has 0 unspecified atom stereocenters. The van der Waals surface area contributed by atoms with Gasteiger partial charge >= 0.3 is 0 Å². The van der Waals surface area contributed by atoms with Gasteiger partial charge in [0, 0.05) is 31.4 Å². The van der Waals surface area contributed by atoms with Crippen LogP contribution in [0.1, 0.15) is 12.1 Å². The van der Waals surface area contributed by atoms with Crippen LogP contribution in [0.3, 0.4) is 0 Å². The van der Waals surface area contributed by atoms with E-state index in [0.29, 0.717) is 23.9 Å². The molecular weight excluding hydrogens is 369 g/mol. The van der Waals surface area contributed by atoms with Crippen molar-refractivity contribution in [3.05, 3.63) is 59.2 Å².